The van der Waals surface area contributed by atoms with E-state index >= 15 is 0 Å². The van der Waals surface area contributed by atoms with Gasteiger partial charge in [-0.25, -0.2) is 12.2 Å². The van der Waals surface area contributed by atoms with E-state index in [0.29, 0.717) is 0 Å². The van der Waals surface area contributed by atoms with Crippen LogP contribution < -0.4 is 0 Å². The molecule has 0 saturated carbocycles. The fourth-order valence-corrected chi connectivity index (χ4v) is 6.13. The van der Waals surface area contributed by atoms with Gasteiger partial charge in [-0.15, -0.1) is 35.4 Å². The number of benzene rings is 6. The van der Waals surface area contributed by atoms with Crippen molar-refractivity contribution in [2.75, 3.05) is 0 Å². The van der Waals surface area contributed by atoms with E-state index < -0.39 is 0 Å². The van der Waals surface area contributed by atoms with Crippen molar-refractivity contribution in [1.29, 1.82) is 0 Å². The normalized spacial score (nSPS) is 13.5. The van der Waals surface area contributed by atoms with Crippen molar-refractivity contribution < 1.29 is 44.8 Å². The summed E-state index contributed by atoms with van der Waals surface area (Å²) in [4.78, 5) is 0. The van der Waals surface area contributed by atoms with Gasteiger partial charge in [-0.3, -0.25) is 6.08 Å². The van der Waals surface area contributed by atoms with E-state index in [1.165, 1.54) is 50.1 Å². The Kier molecular flexibility index (Phi) is 14.9. The van der Waals surface area contributed by atoms with E-state index in [9.17, 15) is 0 Å². The zero-order valence-corrected chi connectivity index (χ0v) is 32.9. The first-order valence-corrected chi connectivity index (χ1v) is 17.1. The molecule has 8 rings (SSSR count). The van der Waals surface area contributed by atoms with Crippen LogP contribution in [0.4, 0.5) is 0 Å². The molecule has 6 aromatic carbocycles. The first kappa shape index (κ1) is 38.8. The molecule has 0 spiro atoms. The number of allylic oxidation sites excluding steroid dienone is 7. The number of hydrogen-bond donors (Lipinski definition) is 0. The molecule has 0 bridgehead atoms. The van der Waals surface area contributed by atoms with Crippen molar-refractivity contribution in [3.63, 3.8) is 0 Å². The van der Waals surface area contributed by atoms with Gasteiger partial charge in [0, 0.05) is 22.4 Å². The van der Waals surface area contributed by atoms with Gasteiger partial charge in [-0.2, -0.15) is 190 Å². The molecule has 0 amide bonds. The van der Waals surface area contributed by atoms with Gasteiger partial charge < -0.3 is 0 Å². The first-order valence-electron chi connectivity index (χ1n) is 17.1. The summed E-state index contributed by atoms with van der Waals surface area (Å²) >= 11 is 0. The molecule has 6 aromatic rings. The summed E-state index contributed by atoms with van der Waals surface area (Å²) in [6.07, 6.45) is 18.9. The van der Waals surface area contributed by atoms with Crippen LogP contribution in [0.1, 0.15) is 61.6 Å². The summed E-state index contributed by atoms with van der Waals surface area (Å²) in [5, 5.41) is 0. The molecular formula is C50H35Au2-4. The standard InChI is InChI=1S/C25H18.C25H17.2Au/c2*1-2-8-20(9-3-1)16-21-10-6-11-22(17-21)18-23-12-7-15-25(19-23)24-13-4-5-14-24;;/h1-8,10-13,15,24H,16,18H2;1-8,10-13,15H,16,18H2;;/q-4;-3;;+3. The van der Waals surface area contributed by atoms with Crippen molar-refractivity contribution in [2.45, 2.75) is 31.6 Å². The summed E-state index contributed by atoms with van der Waals surface area (Å²) in [6, 6.07) is 62.4. The smallest absolute Gasteiger partial charge is 0.267 e. The molecule has 0 fully saturated rings. The van der Waals surface area contributed by atoms with Crippen molar-refractivity contribution >= 4 is 5.57 Å². The zero-order chi connectivity index (χ0) is 33.8. The molecule has 261 valence electrons. The van der Waals surface area contributed by atoms with E-state index in [4.69, 9.17) is 0 Å². The monoisotopic (exact) mass is 1030 g/mol. The number of rotatable bonds is 10. The summed E-state index contributed by atoms with van der Waals surface area (Å²) in [7, 11) is 0. The Balaban J connectivity index is 0.000000194. The molecule has 2 heteroatoms. The minimum atomic E-state index is 0. The average Bonchev–Trinajstić information content (AvgIpc) is 3.90. The van der Waals surface area contributed by atoms with Crippen molar-refractivity contribution in [3.05, 3.63) is 262 Å². The van der Waals surface area contributed by atoms with Crippen molar-refractivity contribution in [2.24, 2.45) is 0 Å². The minimum absolute atomic E-state index is 0. The molecule has 0 N–H and O–H groups in total. The third kappa shape index (κ3) is 11.3. The Morgan fingerprint density at radius 1 is 0.500 bits per heavy atom. The third-order valence-corrected chi connectivity index (χ3v) is 8.53. The van der Waals surface area contributed by atoms with Crippen LogP contribution in [0.3, 0.4) is 0 Å². The summed E-state index contributed by atoms with van der Waals surface area (Å²) < 4.78 is 0. The third-order valence-electron chi connectivity index (χ3n) is 8.53. The molecule has 2 aliphatic carbocycles. The zero-order valence-electron chi connectivity index (χ0n) is 28.5. The molecule has 1 unspecified atom stereocenters. The predicted octanol–water partition coefficient (Wildman–Crippen LogP) is 10.7. The van der Waals surface area contributed by atoms with Crippen LogP contribution >= 0.6 is 0 Å². The quantitative estimate of drug-likeness (QED) is 0.0729. The Morgan fingerprint density at radius 3 is 1.50 bits per heavy atom. The largest absolute Gasteiger partial charge is 3.00 e. The van der Waals surface area contributed by atoms with Gasteiger partial charge in [-0.1, -0.05) is 23.6 Å². The molecule has 52 heavy (non-hydrogen) atoms. The molecule has 0 aromatic heterocycles. The fraction of sp³-hybridized carbons (Fsp3) is 0.100. The van der Waals surface area contributed by atoms with Gasteiger partial charge in [0.1, 0.15) is 0 Å². The van der Waals surface area contributed by atoms with Crippen LogP contribution in [0.15, 0.2) is 164 Å². The summed E-state index contributed by atoms with van der Waals surface area (Å²) in [5.41, 5.74) is 16.1. The second-order valence-corrected chi connectivity index (χ2v) is 12.4. The fourth-order valence-electron chi connectivity index (χ4n) is 6.13. The molecular weight excluding hydrogens is 994 g/mol. The second-order valence-electron chi connectivity index (χ2n) is 12.4. The number of hydrogen-bond acceptors (Lipinski definition) is 0. The summed E-state index contributed by atoms with van der Waals surface area (Å²) in [5.74, 6) is 0.240. The van der Waals surface area contributed by atoms with E-state index in [-0.39, 0.29) is 50.7 Å². The van der Waals surface area contributed by atoms with Gasteiger partial charge in [0.2, 0.25) is 0 Å². The Bertz CT molecular complexity index is 2190. The van der Waals surface area contributed by atoms with E-state index in [1.807, 2.05) is 48.6 Å². The van der Waals surface area contributed by atoms with Crippen LogP contribution in [0, 0.1) is 42.5 Å². The van der Waals surface area contributed by atoms with Crippen molar-refractivity contribution in [1.82, 2.24) is 0 Å². The topological polar surface area (TPSA) is 0 Å². The van der Waals surface area contributed by atoms with Gasteiger partial charge in [-0.05, 0) is 31.8 Å². The van der Waals surface area contributed by atoms with Gasteiger partial charge in [0.05, 0.1) is 0 Å². The Hall–Kier alpha value is -4.46. The van der Waals surface area contributed by atoms with E-state index in [1.54, 1.807) is 0 Å². The molecule has 1 atom stereocenters. The molecule has 0 heterocycles. The summed E-state index contributed by atoms with van der Waals surface area (Å²) in [6.45, 7) is 0. The molecule has 2 aliphatic rings. The van der Waals surface area contributed by atoms with Crippen LogP contribution in [-0.2, 0) is 70.4 Å². The Morgan fingerprint density at radius 2 is 1.00 bits per heavy atom. The van der Waals surface area contributed by atoms with E-state index in [0.717, 1.165) is 36.8 Å². The van der Waals surface area contributed by atoms with Crippen LogP contribution in [-0.4, -0.2) is 0 Å². The van der Waals surface area contributed by atoms with Gasteiger partial charge in [0.15, 0.2) is 0 Å². The molecule has 1 radical (unpaired) electrons. The van der Waals surface area contributed by atoms with Crippen LogP contribution in [0.25, 0.3) is 5.57 Å². The maximum Gasteiger partial charge on any atom is 3.00 e. The maximum atomic E-state index is 3.55. The van der Waals surface area contributed by atoms with Crippen molar-refractivity contribution in [3.8, 4) is 0 Å². The van der Waals surface area contributed by atoms with Gasteiger partial charge >= 0.3 is 22.4 Å². The average molecular weight is 1030 g/mol. The minimum Gasteiger partial charge on any atom is -0.267 e. The molecule has 0 nitrogen and oxygen atoms in total. The molecule has 0 saturated heterocycles. The maximum absolute atomic E-state index is 3.55. The van der Waals surface area contributed by atoms with Crippen LogP contribution in [0.5, 0.6) is 0 Å². The predicted molar refractivity (Wildman–Crippen MR) is 203 cm³/mol. The first-order chi connectivity index (χ1) is 24.7. The Labute approximate surface area is 341 Å². The SMILES string of the molecule is C1=CC=CC=1c1[c-]c(Cc2[c-]c(Cc3[c-]cccc3)ccc2)ccc1.[Au+3].[Au].[C-]1=CC=CC1c1[c-]c(Cc2[c-]c(Cc3[c-]cccc3)ccc2)ccc1. The second kappa shape index (κ2) is 20.0. The van der Waals surface area contributed by atoms with E-state index in [2.05, 4.69) is 157 Å². The van der Waals surface area contributed by atoms with Gasteiger partial charge in [0.25, 0.3) is 0 Å². The molecule has 0 aliphatic heterocycles. The van der Waals surface area contributed by atoms with Crippen LogP contribution in [0.2, 0.25) is 0 Å².